The summed E-state index contributed by atoms with van der Waals surface area (Å²) in [5.74, 6) is 0.0120. The minimum atomic E-state index is -3.64. The molecule has 0 radical (unpaired) electrons. The molecule has 7 N–H and O–H groups in total. The van der Waals surface area contributed by atoms with E-state index in [4.69, 9.17) is 27.8 Å². The molecule has 236 valence electrons. The second-order valence-corrected chi connectivity index (χ2v) is 14.0. The van der Waals surface area contributed by atoms with Gasteiger partial charge >= 0.3 is 0 Å². The number of amides is 2. The molecule has 0 aliphatic carbocycles. The number of primary amides is 1. The Bertz CT molecular complexity index is 1640. The van der Waals surface area contributed by atoms with Gasteiger partial charge in [-0.3, -0.25) is 9.59 Å². The number of aliphatic imine (C=N–C) groups is 1. The van der Waals surface area contributed by atoms with E-state index in [2.05, 4.69) is 27.5 Å². The average Bonchev–Trinajstić information content (AvgIpc) is 3.57. The lowest BCUT2D eigenvalue weighted by atomic mass is 10.1. The number of nitrogens with zero attached hydrogens (tertiary/aromatic N) is 2. The Labute approximate surface area is 262 Å². The molecule has 2 aromatic carbocycles. The predicted molar refractivity (Wildman–Crippen MR) is 172 cm³/mol. The molecule has 14 heteroatoms. The van der Waals surface area contributed by atoms with Gasteiger partial charge in [0.1, 0.15) is 11.6 Å². The van der Waals surface area contributed by atoms with Gasteiger partial charge in [-0.05, 0) is 63.9 Å². The maximum Gasteiger partial charge on any atom is 0.254 e. The SMILES string of the molecule is C=C(/N=C(Nc1ccccc1S(=O)(=O)C(C)C)\C(Cl)=C/N)Nc1cc2c(cc1OC(C)C)CN(C1CN[C@H](C(N)=O)C1)C2=O. The van der Waals surface area contributed by atoms with Gasteiger partial charge in [0.05, 0.1) is 38.7 Å². The van der Waals surface area contributed by atoms with Crippen molar-refractivity contribution >= 4 is 50.5 Å². The Morgan fingerprint density at radius 3 is 2.52 bits per heavy atom. The van der Waals surface area contributed by atoms with Crippen LogP contribution in [-0.2, 0) is 21.2 Å². The Kier molecular flexibility index (Phi) is 9.91. The number of hydrogen-bond donors (Lipinski definition) is 5. The van der Waals surface area contributed by atoms with Crippen molar-refractivity contribution in [3.63, 3.8) is 0 Å². The lowest BCUT2D eigenvalue weighted by Gasteiger charge is -2.22. The summed E-state index contributed by atoms with van der Waals surface area (Å²) < 4.78 is 32.0. The summed E-state index contributed by atoms with van der Waals surface area (Å²) in [4.78, 5) is 31.4. The first-order valence-electron chi connectivity index (χ1n) is 14.1. The molecule has 0 bridgehead atoms. The van der Waals surface area contributed by atoms with Crippen molar-refractivity contribution < 1.29 is 22.7 Å². The van der Waals surface area contributed by atoms with Gasteiger partial charge < -0.3 is 37.1 Å². The van der Waals surface area contributed by atoms with Crippen LogP contribution in [0.5, 0.6) is 5.75 Å². The molecule has 2 atom stereocenters. The monoisotopic (exact) mass is 643 g/mol. The Balaban J connectivity index is 1.63. The van der Waals surface area contributed by atoms with Crippen LogP contribution in [0.15, 0.2) is 69.9 Å². The molecule has 1 fully saturated rings. The van der Waals surface area contributed by atoms with E-state index in [0.29, 0.717) is 36.5 Å². The minimum absolute atomic E-state index is 0.0163. The Morgan fingerprint density at radius 2 is 1.91 bits per heavy atom. The first-order valence-corrected chi connectivity index (χ1v) is 16.0. The number of sulfone groups is 1. The number of halogens is 1. The molecule has 1 unspecified atom stereocenters. The standard InChI is InChI=1S/C30H38ClN7O5S/c1-16(2)43-26-10-19-15-38(20-11-25(28(33)39)34-14-20)30(40)21(19)12-24(26)35-18(5)36-29(22(31)13-32)37-23-8-6-7-9-27(23)44(41,42)17(3)4/h6-10,12-13,16-17,20,25,34-35H,5,11,14-15,32H2,1-4H3,(H2,33,39)(H,36,37)/b22-13+/t20?,25-/m0/s1. The summed E-state index contributed by atoms with van der Waals surface area (Å²) in [5.41, 5.74) is 13.1. The number of nitrogens with one attached hydrogen (secondary N) is 3. The molecule has 4 rings (SSSR count). The first kappa shape index (κ1) is 32.8. The predicted octanol–water partition coefficient (Wildman–Crippen LogP) is 3.26. The molecule has 0 aromatic heterocycles. The van der Waals surface area contributed by atoms with Crippen LogP contribution in [0.25, 0.3) is 0 Å². The van der Waals surface area contributed by atoms with E-state index >= 15 is 0 Å². The number of ether oxygens (including phenoxy) is 1. The molecule has 2 amide bonds. The molecule has 2 aromatic rings. The van der Waals surface area contributed by atoms with Crippen LogP contribution in [0.2, 0.25) is 0 Å². The highest BCUT2D eigenvalue weighted by Gasteiger charge is 2.39. The van der Waals surface area contributed by atoms with Crippen LogP contribution in [0, 0.1) is 0 Å². The molecule has 0 spiro atoms. The largest absolute Gasteiger partial charge is 0.489 e. The summed E-state index contributed by atoms with van der Waals surface area (Å²) in [7, 11) is -3.64. The lowest BCUT2D eigenvalue weighted by molar-refractivity contribution is -0.119. The quantitative estimate of drug-likeness (QED) is 0.181. The molecule has 12 nitrogen and oxygen atoms in total. The molecule has 44 heavy (non-hydrogen) atoms. The summed E-state index contributed by atoms with van der Waals surface area (Å²) in [6.45, 7) is 11.8. The van der Waals surface area contributed by atoms with Gasteiger partial charge in [0.15, 0.2) is 15.7 Å². The highest BCUT2D eigenvalue weighted by atomic mass is 35.5. The van der Waals surface area contributed by atoms with Crippen LogP contribution in [-0.4, -0.2) is 61.0 Å². The van der Waals surface area contributed by atoms with Gasteiger partial charge in [0, 0.05) is 30.9 Å². The van der Waals surface area contributed by atoms with Crippen molar-refractivity contribution in [2.45, 2.75) is 69.0 Å². The molecule has 2 aliphatic heterocycles. The first-order chi connectivity index (χ1) is 20.7. The number of amidine groups is 1. The maximum atomic E-state index is 13.5. The zero-order valence-corrected chi connectivity index (χ0v) is 26.6. The molecule has 2 heterocycles. The summed E-state index contributed by atoms with van der Waals surface area (Å²) in [6, 6.07) is 9.23. The smallest absolute Gasteiger partial charge is 0.254 e. The fraction of sp³-hybridized carbons (Fsp3) is 0.367. The Hall–Kier alpha value is -4.07. The van der Waals surface area contributed by atoms with E-state index in [1.807, 2.05) is 13.8 Å². The van der Waals surface area contributed by atoms with Crippen LogP contribution in [0.4, 0.5) is 11.4 Å². The van der Waals surface area contributed by atoms with E-state index in [1.54, 1.807) is 49.1 Å². The number of hydrogen-bond acceptors (Lipinski definition) is 9. The van der Waals surface area contributed by atoms with Gasteiger partial charge in [0.25, 0.3) is 5.91 Å². The number of rotatable bonds is 11. The third kappa shape index (κ3) is 7.01. The summed E-state index contributed by atoms with van der Waals surface area (Å²) in [5, 5.41) is 8.51. The van der Waals surface area contributed by atoms with Crippen LogP contribution < -0.4 is 32.2 Å². The molecular weight excluding hydrogens is 606 g/mol. The molecule has 2 aliphatic rings. The van der Waals surface area contributed by atoms with Gasteiger partial charge in [-0.2, -0.15) is 0 Å². The van der Waals surface area contributed by atoms with Crippen molar-refractivity contribution in [3.8, 4) is 5.75 Å². The highest BCUT2D eigenvalue weighted by molar-refractivity contribution is 7.92. The van der Waals surface area contributed by atoms with Gasteiger partial charge in [-0.1, -0.05) is 30.3 Å². The number of para-hydroxylation sites is 1. The molecular formula is C30H38ClN7O5S. The number of carbonyl (C=O) groups excluding carboxylic acids is 2. The molecule has 0 saturated carbocycles. The van der Waals surface area contributed by atoms with E-state index in [1.165, 1.54) is 6.07 Å². The van der Waals surface area contributed by atoms with E-state index < -0.39 is 27.0 Å². The minimum Gasteiger partial charge on any atom is -0.489 e. The van der Waals surface area contributed by atoms with Gasteiger partial charge in [-0.25, -0.2) is 13.4 Å². The van der Waals surface area contributed by atoms with Crippen molar-refractivity contribution in [3.05, 3.63) is 71.2 Å². The fourth-order valence-electron chi connectivity index (χ4n) is 5.01. The lowest BCUT2D eigenvalue weighted by Crippen LogP contribution is -2.36. The van der Waals surface area contributed by atoms with E-state index in [0.717, 1.165) is 11.8 Å². The normalized spacial score (nSPS) is 19.0. The number of carbonyl (C=O) groups is 2. The zero-order chi connectivity index (χ0) is 32.3. The maximum absolute atomic E-state index is 13.5. The average molecular weight is 644 g/mol. The van der Waals surface area contributed by atoms with Crippen molar-refractivity contribution in [1.82, 2.24) is 10.2 Å². The van der Waals surface area contributed by atoms with Crippen molar-refractivity contribution in [1.29, 1.82) is 0 Å². The molecule has 1 saturated heterocycles. The number of nitrogens with two attached hydrogens (primary N) is 2. The van der Waals surface area contributed by atoms with Crippen LogP contribution >= 0.6 is 11.6 Å². The fourth-order valence-corrected chi connectivity index (χ4v) is 6.31. The zero-order valence-electron chi connectivity index (χ0n) is 25.1. The van der Waals surface area contributed by atoms with Crippen LogP contribution in [0.1, 0.15) is 50.0 Å². The Morgan fingerprint density at radius 1 is 1.20 bits per heavy atom. The van der Waals surface area contributed by atoms with Crippen molar-refractivity contribution in [2.24, 2.45) is 16.5 Å². The third-order valence-electron chi connectivity index (χ3n) is 7.26. The van der Waals surface area contributed by atoms with Gasteiger partial charge in [-0.15, -0.1) is 0 Å². The van der Waals surface area contributed by atoms with Crippen LogP contribution in [0.3, 0.4) is 0 Å². The van der Waals surface area contributed by atoms with Gasteiger partial charge in [0.2, 0.25) is 5.91 Å². The second-order valence-electron chi connectivity index (χ2n) is 11.1. The number of fused-ring (bicyclic) bond motifs is 1. The summed E-state index contributed by atoms with van der Waals surface area (Å²) >= 11 is 6.38. The second kappa shape index (κ2) is 13.3. The third-order valence-corrected chi connectivity index (χ3v) is 9.77. The summed E-state index contributed by atoms with van der Waals surface area (Å²) in [6.07, 6.45) is 1.38. The topological polar surface area (TPSA) is 181 Å². The van der Waals surface area contributed by atoms with E-state index in [-0.39, 0.29) is 45.3 Å². The van der Waals surface area contributed by atoms with E-state index in [9.17, 15) is 18.0 Å². The van der Waals surface area contributed by atoms with Crippen molar-refractivity contribution in [2.75, 3.05) is 17.2 Å². The number of anilines is 2. The number of benzene rings is 2. The highest BCUT2D eigenvalue weighted by Crippen LogP contribution is 2.37.